The van der Waals surface area contributed by atoms with Gasteiger partial charge in [-0.05, 0) is 41.8 Å². The molecule has 1 heterocycles. The van der Waals surface area contributed by atoms with Crippen LogP contribution in [0.2, 0.25) is 0 Å². The Morgan fingerprint density at radius 1 is 0.960 bits per heavy atom. The van der Waals surface area contributed by atoms with Gasteiger partial charge in [0, 0.05) is 25.7 Å². The van der Waals surface area contributed by atoms with Crippen LogP contribution in [0.3, 0.4) is 0 Å². The van der Waals surface area contributed by atoms with Crippen molar-refractivity contribution in [3.8, 4) is 11.5 Å². The van der Waals surface area contributed by atoms with E-state index >= 15 is 0 Å². The minimum absolute atomic E-state index is 0.243. The fourth-order valence-corrected chi connectivity index (χ4v) is 3.55. The maximum atomic E-state index is 5.32. The Bertz CT molecular complexity index is 607. The summed E-state index contributed by atoms with van der Waals surface area (Å²) in [6.45, 7) is 5.37. The molecule has 0 radical (unpaired) electrons. The van der Waals surface area contributed by atoms with Crippen molar-refractivity contribution in [3.05, 3.63) is 59.7 Å². The van der Waals surface area contributed by atoms with Crippen LogP contribution in [0.25, 0.3) is 0 Å². The molecule has 3 rings (SSSR count). The first-order chi connectivity index (χ1) is 12.2. The van der Waals surface area contributed by atoms with Crippen LogP contribution in [0.4, 0.5) is 0 Å². The van der Waals surface area contributed by atoms with Gasteiger partial charge in [-0.15, -0.1) is 0 Å². The van der Waals surface area contributed by atoms with Gasteiger partial charge in [0.15, 0.2) is 0 Å². The van der Waals surface area contributed by atoms with Crippen molar-refractivity contribution in [1.29, 1.82) is 0 Å². The third-order valence-corrected chi connectivity index (χ3v) is 5.01. The molecule has 0 saturated carbocycles. The number of hydrogen-bond donors (Lipinski definition) is 1. The lowest BCUT2D eigenvalue weighted by atomic mass is 9.95. The number of nitrogens with one attached hydrogen (secondary N) is 1. The van der Waals surface area contributed by atoms with Gasteiger partial charge in [0.25, 0.3) is 0 Å². The van der Waals surface area contributed by atoms with Crippen LogP contribution >= 0.6 is 0 Å². The predicted molar refractivity (Wildman–Crippen MR) is 101 cm³/mol. The van der Waals surface area contributed by atoms with Gasteiger partial charge in [-0.2, -0.15) is 0 Å². The maximum Gasteiger partial charge on any atom is 0.118 e. The Hall–Kier alpha value is -2.04. The van der Waals surface area contributed by atoms with Crippen molar-refractivity contribution in [1.82, 2.24) is 10.2 Å². The zero-order chi connectivity index (χ0) is 17.6. The van der Waals surface area contributed by atoms with Crippen molar-refractivity contribution < 1.29 is 9.47 Å². The van der Waals surface area contributed by atoms with Gasteiger partial charge in [-0.1, -0.05) is 31.2 Å². The lowest BCUT2D eigenvalue weighted by molar-refractivity contribution is 0.162. The van der Waals surface area contributed by atoms with Crippen LogP contribution in [-0.4, -0.2) is 44.8 Å². The molecule has 1 saturated heterocycles. The van der Waals surface area contributed by atoms with Gasteiger partial charge in [-0.3, -0.25) is 4.90 Å². The van der Waals surface area contributed by atoms with E-state index in [1.807, 2.05) is 24.3 Å². The number of ether oxygens (including phenoxy) is 2. The largest absolute Gasteiger partial charge is 0.497 e. The van der Waals surface area contributed by atoms with Gasteiger partial charge in [0.05, 0.1) is 20.3 Å². The third-order valence-electron chi connectivity index (χ3n) is 5.01. The van der Waals surface area contributed by atoms with Gasteiger partial charge in [0.1, 0.15) is 11.5 Å². The third kappa shape index (κ3) is 4.14. The molecule has 1 atom stereocenters. The van der Waals surface area contributed by atoms with Crippen LogP contribution in [0, 0.1) is 0 Å². The molecule has 1 unspecified atom stereocenters. The molecule has 4 heteroatoms. The molecule has 0 aromatic heterocycles. The van der Waals surface area contributed by atoms with Crippen molar-refractivity contribution in [3.63, 3.8) is 0 Å². The molecule has 1 aliphatic heterocycles. The highest BCUT2D eigenvalue weighted by atomic mass is 16.5. The topological polar surface area (TPSA) is 33.7 Å². The van der Waals surface area contributed by atoms with E-state index in [0.717, 1.165) is 37.6 Å². The van der Waals surface area contributed by atoms with E-state index in [4.69, 9.17) is 9.47 Å². The molecule has 2 aromatic rings. The molecule has 1 aliphatic rings. The summed E-state index contributed by atoms with van der Waals surface area (Å²) in [5, 5.41) is 3.61. The second-order valence-corrected chi connectivity index (χ2v) is 6.50. The summed E-state index contributed by atoms with van der Waals surface area (Å²) in [4.78, 5) is 2.58. The van der Waals surface area contributed by atoms with Crippen molar-refractivity contribution in [2.24, 2.45) is 0 Å². The molecule has 0 amide bonds. The summed E-state index contributed by atoms with van der Waals surface area (Å²) in [5.41, 5.74) is 2.59. The first-order valence-electron chi connectivity index (χ1n) is 9.00. The molecular formula is C21H28N2O2. The molecule has 1 fully saturated rings. The molecule has 0 spiro atoms. The van der Waals surface area contributed by atoms with Gasteiger partial charge < -0.3 is 14.8 Å². The smallest absolute Gasteiger partial charge is 0.118 e. The summed E-state index contributed by atoms with van der Waals surface area (Å²) in [7, 11) is 3.41. The zero-order valence-electron chi connectivity index (χ0n) is 15.4. The lowest BCUT2D eigenvalue weighted by Gasteiger charge is -2.39. The van der Waals surface area contributed by atoms with E-state index in [1.54, 1.807) is 14.2 Å². The Labute approximate surface area is 150 Å². The van der Waals surface area contributed by atoms with E-state index in [0.29, 0.717) is 6.04 Å². The number of nitrogens with zero attached hydrogens (tertiary/aromatic N) is 1. The van der Waals surface area contributed by atoms with E-state index in [9.17, 15) is 0 Å². The minimum Gasteiger partial charge on any atom is -0.497 e. The average molecular weight is 340 g/mol. The highest BCUT2D eigenvalue weighted by molar-refractivity contribution is 5.38. The molecule has 0 bridgehead atoms. The Balaban J connectivity index is 1.94. The first kappa shape index (κ1) is 17.8. The number of hydrogen-bond acceptors (Lipinski definition) is 4. The number of benzene rings is 2. The summed E-state index contributed by atoms with van der Waals surface area (Å²) in [5.74, 6) is 1.79. The minimum atomic E-state index is 0.243. The normalized spacial score (nSPS) is 18.3. The van der Waals surface area contributed by atoms with Crippen LogP contribution in [0.15, 0.2) is 48.5 Å². The molecule has 4 nitrogen and oxygen atoms in total. The molecule has 1 N–H and O–H groups in total. The number of methoxy groups -OCH3 is 2. The Kier molecular flexibility index (Phi) is 5.95. The maximum absolute atomic E-state index is 5.32. The van der Waals surface area contributed by atoms with Crippen LogP contribution < -0.4 is 14.8 Å². The fraction of sp³-hybridized carbons (Fsp3) is 0.429. The van der Waals surface area contributed by atoms with E-state index < -0.39 is 0 Å². The Morgan fingerprint density at radius 2 is 1.48 bits per heavy atom. The van der Waals surface area contributed by atoms with E-state index in [2.05, 4.69) is 41.4 Å². The van der Waals surface area contributed by atoms with Gasteiger partial charge >= 0.3 is 0 Å². The quantitative estimate of drug-likeness (QED) is 0.873. The molecule has 134 valence electrons. The monoisotopic (exact) mass is 340 g/mol. The van der Waals surface area contributed by atoms with E-state index in [-0.39, 0.29) is 6.04 Å². The Morgan fingerprint density at radius 3 is 1.92 bits per heavy atom. The van der Waals surface area contributed by atoms with Crippen LogP contribution in [0.1, 0.15) is 30.5 Å². The average Bonchev–Trinajstić information content (AvgIpc) is 2.69. The molecular weight excluding hydrogens is 312 g/mol. The van der Waals surface area contributed by atoms with Crippen molar-refractivity contribution in [2.45, 2.75) is 25.4 Å². The summed E-state index contributed by atoms with van der Waals surface area (Å²) in [6, 6.07) is 17.7. The first-order valence-corrected chi connectivity index (χ1v) is 9.00. The van der Waals surface area contributed by atoms with Crippen molar-refractivity contribution >= 4 is 0 Å². The van der Waals surface area contributed by atoms with Gasteiger partial charge in [0.2, 0.25) is 0 Å². The molecule has 0 aliphatic carbocycles. The van der Waals surface area contributed by atoms with E-state index in [1.165, 1.54) is 11.1 Å². The second-order valence-electron chi connectivity index (χ2n) is 6.50. The molecule has 2 aromatic carbocycles. The SMILES string of the molecule is CCC1CN(C(c2ccc(OC)cc2)c2ccc(OC)cc2)CCN1. The predicted octanol–water partition coefficient (Wildman–Crippen LogP) is 3.48. The highest BCUT2D eigenvalue weighted by Crippen LogP contribution is 2.32. The standard InChI is InChI=1S/C21H28N2O2/c1-4-18-15-23(14-13-22-18)21(16-5-9-19(24-2)10-6-16)17-7-11-20(25-3)12-8-17/h5-12,18,21-22H,4,13-15H2,1-3H3. The summed E-state index contributed by atoms with van der Waals surface area (Å²) < 4.78 is 10.6. The number of rotatable bonds is 6. The summed E-state index contributed by atoms with van der Waals surface area (Å²) in [6.07, 6.45) is 1.15. The van der Waals surface area contributed by atoms with Crippen molar-refractivity contribution in [2.75, 3.05) is 33.9 Å². The van der Waals surface area contributed by atoms with Gasteiger partial charge in [-0.25, -0.2) is 0 Å². The summed E-state index contributed by atoms with van der Waals surface area (Å²) >= 11 is 0. The van der Waals surface area contributed by atoms with Crippen LogP contribution in [-0.2, 0) is 0 Å². The lowest BCUT2D eigenvalue weighted by Crippen LogP contribution is -2.51. The number of piperazine rings is 1. The fourth-order valence-electron chi connectivity index (χ4n) is 3.55. The zero-order valence-corrected chi connectivity index (χ0v) is 15.4. The van der Waals surface area contributed by atoms with Crippen LogP contribution in [0.5, 0.6) is 11.5 Å². The highest BCUT2D eigenvalue weighted by Gasteiger charge is 2.27. The molecule has 25 heavy (non-hydrogen) atoms. The second kappa shape index (κ2) is 8.37.